The molecule has 7 heteroatoms. The summed E-state index contributed by atoms with van der Waals surface area (Å²) in [6.45, 7) is 3.66. The summed E-state index contributed by atoms with van der Waals surface area (Å²) >= 11 is 0. The maximum Gasteiger partial charge on any atom is 0.417 e. The average Bonchev–Trinajstić information content (AvgIpc) is 2.30. The summed E-state index contributed by atoms with van der Waals surface area (Å²) in [5.74, 6) is 0. The third-order valence-electron chi connectivity index (χ3n) is 3.75. The molecule has 0 spiro atoms. The van der Waals surface area contributed by atoms with Gasteiger partial charge in [-0.15, -0.1) is 0 Å². The lowest BCUT2D eigenvalue weighted by molar-refractivity contribution is -0.291. The van der Waals surface area contributed by atoms with E-state index in [-0.39, 0.29) is 0 Å². The number of aryl methyl sites for hydroxylation is 2. The first-order chi connectivity index (χ1) is 9.62. The molecule has 3 N–H and O–H groups in total. The van der Waals surface area contributed by atoms with Gasteiger partial charge in [0.05, 0.1) is 0 Å². The Bertz CT molecular complexity index is 531. The van der Waals surface area contributed by atoms with Crippen molar-refractivity contribution in [2.45, 2.75) is 44.5 Å². The predicted octanol–water partition coefficient (Wildman–Crippen LogP) is 2.88. The minimum Gasteiger partial charge on any atom is -0.380 e. The number of benzene rings is 1. The molecule has 4 nitrogen and oxygen atoms in total. The summed E-state index contributed by atoms with van der Waals surface area (Å²) in [6, 6.07) is 4.26. The van der Waals surface area contributed by atoms with Gasteiger partial charge in [-0.25, -0.2) is 4.79 Å². The molecule has 0 radical (unpaired) electrons. The lowest BCUT2D eigenvalue weighted by Gasteiger charge is -2.44. The number of aliphatic hydroxyl groups is 1. The van der Waals surface area contributed by atoms with Crippen molar-refractivity contribution in [2.24, 2.45) is 0 Å². The number of amides is 2. The molecule has 0 aliphatic heterocycles. The van der Waals surface area contributed by atoms with E-state index in [2.05, 4.69) is 10.6 Å². The molecule has 0 heterocycles. The molecule has 2 amide bonds. The van der Waals surface area contributed by atoms with Gasteiger partial charge >= 0.3 is 12.2 Å². The Labute approximate surface area is 120 Å². The van der Waals surface area contributed by atoms with Crippen LogP contribution in [0.1, 0.15) is 24.0 Å². The molecule has 1 aromatic carbocycles. The molecular formula is C14H17F3N2O2. The molecule has 0 atom stereocenters. The number of anilines is 1. The third kappa shape index (κ3) is 3.12. The smallest absolute Gasteiger partial charge is 0.380 e. The van der Waals surface area contributed by atoms with E-state index in [1.807, 2.05) is 32.0 Å². The summed E-state index contributed by atoms with van der Waals surface area (Å²) in [5.41, 5.74) is -0.305. The summed E-state index contributed by atoms with van der Waals surface area (Å²) in [5, 5.41) is 14.4. The van der Waals surface area contributed by atoms with Crippen molar-refractivity contribution in [1.29, 1.82) is 0 Å². The van der Waals surface area contributed by atoms with Crippen LogP contribution in [-0.2, 0) is 0 Å². The number of carbonyl (C=O) groups excluding carboxylic acids is 1. The molecule has 1 fully saturated rings. The first-order valence-corrected chi connectivity index (χ1v) is 6.55. The SMILES string of the molecule is Cc1cccc(C)c1NC(=O)NC1CC(O)(C(F)(F)F)C1. The van der Waals surface area contributed by atoms with E-state index in [0.717, 1.165) is 11.1 Å². The number of halogens is 3. The van der Waals surface area contributed by atoms with Crippen molar-refractivity contribution in [1.82, 2.24) is 5.32 Å². The molecule has 1 aliphatic carbocycles. The standard InChI is InChI=1S/C14H17F3N2O2/c1-8-4-3-5-9(2)11(8)19-12(20)18-10-6-13(21,7-10)14(15,16)17/h3-5,10,21H,6-7H2,1-2H3,(H2,18,19,20). The second kappa shape index (κ2) is 5.22. The van der Waals surface area contributed by atoms with Gasteiger partial charge in [-0.3, -0.25) is 0 Å². The van der Waals surface area contributed by atoms with Crippen LogP contribution in [0.2, 0.25) is 0 Å². The summed E-state index contributed by atoms with van der Waals surface area (Å²) < 4.78 is 37.4. The van der Waals surface area contributed by atoms with Crippen molar-refractivity contribution in [3.63, 3.8) is 0 Å². The van der Waals surface area contributed by atoms with Gasteiger partial charge in [0.15, 0.2) is 5.60 Å². The average molecular weight is 302 g/mol. The van der Waals surface area contributed by atoms with Crippen molar-refractivity contribution < 1.29 is 23.1 Å². The Morgan fingerprint density at radius 1 is 1.29 bits per heavy atom. The van der Waals surface area contributed by atoms with E-state index in [4.69, 9.17) is 0 Å². The number of para-hydroxylation sites is 1. The van der Waals surface area contributed by atoms with Crippen LogP contribution >= 0.6 is 0 Å². The van der Waals surface area contributed by atoms with E-state index < -0.39 is 36.7 Å². The Morgan fingerprint density at radius 3 is 2.29 bits per heavy atom. The number of rotatable bonds is 2. The fourth-order valence-electron chi connectivity index (χ4n) is 2.44. The molecule has 0 unspecified atom stereocenters. The first-order valence-electron chi connectivity index (χ1n) is 6.55. The zero-order chi connectivity index (χ0) is 15.8. The largest absolute Gasteiger partial charge is 0.417 e. The zero-order valence-electron chi connectivity index (χ0n) is 11.7. The zero-order valence-corrected chi connectivity index (χ0v) is 11.7. The summed E-state index contributed by atoms with van der Waals surface area (Å²) in [4.78, 5) is 11.8. The van der Waals surface area contributed by atoms with Gasteiger partial charge in [0.2, 0.25) is 0 Å². The van der Waals surface area contributed by atoms with Crippen LogP contribution in [0.3, 0.4) is 0 Å². The van der Waals surface area contributed by atoms with Gasteiger partial charge in [-0.1, -0.05) is 18.2 Å². The normalized spacial score (nSPS) is 25.1. The van der Waals surface area contributed by atoms with Crippen molar-refractivity contribution in [3.8, 4) is 0 Å². The number of hydrogen-bond acceptors (Lipinski definition) is 2. The van der Waals surface area contributed by atoms with E-state index in [1.165, 1.54) is 0 Å². The third-order valence-corrected chi connectivity index (χ3v) is 3.75. The van der Waals surface area contributed by atoms with Gasteiger partial charge in [0.1, 0.15) is 0 Å². The fraction of sp³-hybridized carbons (Fsp3) is 0.500. The monoisotopic (exact) mass is 302 g/mol. The second-order valence-electron chi connectivity index (χ2n) is 5.50. The van der Waals surface area contributed by atoms with Crippen LogP contribution in [0, 0.1) is 13.8 Å². The highest BCUT2D eigenvalue weighted by Crippen LogP contribution is 2.45. The highest BCUT2D eigenvalue weighted by Gasteiger charge is 2.61. The minimum absolute atomic E-state index is 0.517. The van der Waals surface area contributed by atoms with Crippen LogP contribution in [0.15, 0.2) is 18.2 Å². The molecule has 21 heavy (non-hydrogen) atoms. The van der Waals surface area contributed by atoms with Crippen molar-refractivity contribution >= 4 is 11.7 Å². The van der Waals surface area contributed by atoms with E-state index in [9.17, 15) is 23.1 Å². The van der Waals surface area contributed by atoms with Crippen LogP contribution in [-0.4, -0.2) is 29.0 Å². The van der Waals surface area contributed by atoms with Crippen LogP contribution < -0.4 is 10.6 Å². The molecule has 0 bridgehead atoms. The molecule has 116 valence electrons. The van der Waals surface area contributed by atoms with Gasteiger partial charge in [-0.05, 0) is 25.0 Å². The topological polar surface area (TPSA) is 61.4 Å². The first kappa shape index (κ1) is 15.6. The molecule has 0 aromatic heterocycles. The van der Waals surface area contributed by atoms with Crippen molar-refractivity contribution in [3.05, 3.63) is 29.3 Å². The van der Waals surface area contributed by atoms with Gasteiger partial charge in [0, 0.05) is 24.6 Å². The Balaban J connectivity index is 1.91. The quantitative estimate of drug-likeness (QED) is 0.786. The van der Waals surface area contributed by atoms with Crippen molar-refractivity contribution in [2.75, 3.05) is 5.32 Å². The number of alkyl halides is 3. The molecular weight excluding hydrogens is 285 g/mol. The Kier molecular flexibility index (Phi) is 3.88. The van der Waals surface area contributed by atoms with Gasteiger partial charge in [0.25, 0.3) is 0 Å². The molecule has 2 rings (SSSR count). The van der Waals surface area contributed by atoms with Crippen LogP contribution in [0.25, 0.3) is 0 Å². The summed E-state index contributed by atoms with van der Waals surface area (Å²) in [6.07, 6.45) is -5.69. The molecule has 1 saturated carbocycles. The molecule has 1 aliphatic rings. The minimum atomic E-state index is -4.66. The number of urea groups is 1. The maximum absolute atomic E-state index is 12.5. The lowest BCUT2D eigenvalue weighted by atomic mass is 9.75. The van der Waals surface area contributed by atoms with E-state index in [1.54, 1.807) is 0 Å². The van der Waals surface area contributed by atoms with Crippen LogP contribution in [0.4, 0.5) is 23.7 Å². The van der Waals surface area contributed by atoms with Gasteiger partial charge < -0.3 is 15.7 Å². The van der Waals surface area contributed by atoms with E-state index in [0.29, 0.717) is 5.69 Å². The fourth-order valence-corrected chi connectivity index (χ4v) is 2.44. The Morgan fingerprint density at radius 2 is 1.81 bits per heavy atom. The highest BCUT2D eigenvalue weighted by atomic mass is 19.4. The molecule has 0 saturated heterocycles. The number of hydrogen-bond donors (Lipinski definition) is 3. The van der Waals surface area contributed by atoms with E-state index >= 15 is 0 Å². The highest BCUT2D eigenvalue weighted by molar-refractivity contribution is 5.91. The lowest BCUT2D eigenvalue weighted by Crippen LogP contribution is -2.62. The predicted molar refractivity (Wildman–Crippen MR) is 72.1 cm³/mol. The number of carbonyl (C=O) groups is 1. The van der Waals surface area contributed by atoms with Gasteiger partial charge in [-0.2, -0.15) is 13.2 Å². The van der Waals surface area contributed by atoms with Crippen LogP contribution in [0.5, 0.6) is 0 Å². The molecule has 1 aromatic rings. The Hall–Kier alpha value is -1.76. The maximum atomic E-state index is 12.5. The summed E-state index contributed by atoms with van der Waals surface area (Å²) in [7, 11) is 0. The number of nitrogens with one attached hydrogen (secondary N) is 2. The second-order valence-corrected chi connectivity index (χ2v) is 5.50.